The summed E-state index contributed by atoms with van der Waals surface area (Å²) >= 11 is 0. The van der Waals surface area contributed by atoms with E-state index in [-0.39, 0.29) is 5.96 Å². The highest BCUT2D eigenvalue weighted by molar-refractivity contribution is 5.94. The first kappa shape index (κ1) is 10.9. The third kappa shape index (κ3) is 2.61. The Balaban J connectivity index is 2.88. The monoisotopic (exact) mass is 204 g/mol. The van der Waals surface area contributed by atoms with Crippen molar-refractivity contribution in [3.05, 3.63) is 24.3 Å². The Morgan fingerprint density at radius 2 is 2.07 bits per heavy atom. The van der Waals surface area contributed by atoms with Crippen LogP contribution in [0.1, 0.15) is 0 Å². The number of benzene rings is 1. The number of hydrogen-bond acceptors (Lipinski definition) is 3. The minimum Gasteiger partial charge on any atom is -0.497 e. The van der Waals surface area contributed by atoms with Crippen LogP contribution in [0.4, 0.5) is 5.69 Å². The van der Waals surface area contributed by atoms with Crippen LogP contribution in [0.5, 0.6) is 5.75 Å². The number of aliphatic imine (C=N–C) groups is 1. The molecule has 2 N–H and O–H groups in total. The van der Waals surface area contributed by atoms with Crippen molar-refractivity contribution in [3.63, 3.8) is 0 Å². The molecule has 0 saturated carbocycles. The largest absolute Gasteiger partial charge is 0.497 e. The summed E-state index contributed by atoms with van der Waals surface area (Å²) < 4.78 is 5.02. The first-order chi connectivity index (χ1) is 7.19. The Kier molecular flexibility index (Phi) is 3.52. The van der Waals surface area contributed by atoms with Crippen LogP contribution in [0.2, 0.25) is 0 Å². The van der Waals surface area contributed by atoms with Gasteiger partial charge in [-0.05, 0) is 24.3 Å². The maximum absolute atomic E-state index is 8.35. The summed E-state index contributed by atoms with van der Waals surface area (Å²) in [5, 5.41) is 8.35. The summed E-state index contributed by atoms with van der Waals surface area (Å²) in [6.45, 7) is 0. The molecule has 0 amide bonds. The lowest BCUT2D eigenvalue weighted by atomic mass is 10.3. The zero-order chi connectivity index (χ0) is 11.3. The summed E-state index contributed by atoms with van der Waals surface area (Å²) in [7, 11) is 3.34. The van der Waals surface area contributed by atoms with Gasteiger partial charge in [-0.25, -0.2) is 0 Å². The molecule has 0 fully saturated rings. The Labute approximate surface area is 88.4 Å². The van der Waals surface area contributed by atoms with E-state index in [1.807, 2.05) is 24.3 Å². The van der Waals surface area contributed by atoms with E-state index in [4.69, 9.17) is 15.7 Å². The van der Waals surface area contributed by atoms with Crippen molar-refractivity contribution in [2.75, 3.05) is 19.1 Å². The number of anilines is 1. The minimum absolute atomic E-state index is 0.155. The highest BCUT2D eigenvalue weighted by Crippen LogP contribution is 2.17. The first-order valence-corrected chi connectivity index (χ1v) is 4.29. The molecule has 0 aliphatic heterocycles. The van der Waals surface area contributed by atoms with Gasteiger partial charge in [0.05, 0.1) is 7.11 Å². The van der Waals surface area contributed by atoms with Gasteiger partial charge < -0.3 is 15.4 Å². The molecule has 0 radical (unpaired) electrons. The molecular formula is C10H12N4O. The molecule has 0 aliphatic carbocycles. The van der Waals surface area contributed by atoms with Gasteiger partial charge in [0.2, 0.25) is 12.2 Å². The van der Waals surface area contributed by atoms with Gasteiger partial charge in [-0.3, -0.25) is 0 Å². The van der Waals surface area contributed by atoms with Gasteiger partial charge in [0.15, 0.2) is 0 Å². The predicted octanol–water partition coefficient (Wildman–Crippen LogP) is 0.927. The lowest BCUT2D eigenvalue weighted by Crippen LogP contribution is -2.33. The fourth-order valence-corrected chi connectivity index (χ4v) is 1.06. The van der Waals surface area contributed by atoms with E-state index in [1.54, 1.807) is 25.3 Å². The number of nitrogens with two attached hydrogens (primary N) is 1. The smallest absolute Gasteiger partial charge is 0.211 e. The van der Waals surface area contributed by atoms with Crippen LogP contribution < -0.4 is 15.4 Å². The molecule has 5 nitrogen and oxygen atoms in total. The molecule has 0 aromatic heterocycles. The van der Waals surface area contributed by atoms with E-state index in [2.05, 4.69) is 4.99 Å². The quantitative estimate of drug-likeness (QED) is 0.441. The molecule has 5 heteroatoms. The fourth-order valence-electron chi connectivity index (χ4n) is 1.06. The van der Waals surface area contributed by atoms with E-state index in [0.29, 0.717) is 0 Å². The van der Waals surface area contributed by atoms with Gasteiger partial charge in [0.25, 0.3) is 0 Å². The molecule has 0 saturated heterocycles. The third-order valence-corrected chi connectivity index (χ3v) is 1.97. The summed E-state index contributed by atoms with van der Waals surface area (Å²) in [6.07, 6.45) is 1.64. The molecule has 0 bridgehead atoms. The van der Waals surface area contributed by atoms with Crippen molar-refractivity contribution in [2.45, 2.75) is 0 Å². The molecule has 0 heterocycles. The minimum atomic E-state index is 0.155. The fraction of sp³-hybridized carbons (Fsp3) is 0.200. The Hall–Kier alpha value is -2.22. The van der Waals surface area contributed by atoms with Crippen LogP contribution in [-0.2, 0) is 0 Å². The number of guanidine groups is 1. The molecule has 0 aliphatic rings. The van der Waals surface area contributed by atoms with Crippen molar-refractivity contribution in [2.24, 2.45) is 10.7 Å². The average Bonchev–Trinajstić information content (AvgIpc) is 2.28. The maximum Gasteiger partial charge on any atom is 0.211 e. The number of methoxy groups -OCH3 is 1. The number of ether oxygens (including phenoxy) is 1. The van der Waals surface area contributed by atoms with Crippen LogP contribution >= 0.6 is 0 Å². The lowest BCUT2D eigenvalue weighted by Gasteiger charge is -2.17. The topological polar surface area (TPSA) is 74.6 Å². The van der Waals surface area contributed by atoms with Crippen molar-refractivity contribution in [1.29, 1.82) is 5.26 Å². The third-order valence-electron chi connectivity index (χ3n) is 1.97. The van der Waals surface area contributed by atoms with Gasteiger partial charge in [-0.2, -0.15) is 5.26 Å². The second-order valence-electron chi connectivity index (χ2n) is 2.83. The van der Waals surface area contributed by atoms with Crippen molar-refractivity contribution < 1.29 is 4.74 Å². The highest BCUT2D eigenvalue weighted by Gasteiger charge is 2.04. The molecule has 1 aromatic rings. The standard InChI is InChI=1S/C10H12N4O/c1-14(10(12)13-7-11)8-3-5-9(15-2)6-4-8/h3-6H,1-2H3,(H2,12,13). The molecule has 15 heavy (non-hydrogen) atoms. The number of nitrogens with zero attached hydrogens (tertiary/aromatic N) is 3. The molecular weight excluding hydrogens is 192 g/mol. The normalized spacial score (nSPS) is 10.6. The molecule has 1 rings (SSSR count). The summed E-state index contributed by atoms with van der Waals surface area (Å²) in [4.78, 5) is 5.05. The molecule has 0 unspecified atom stereocenters. The summed E-state index contributed by atoms with van der Waals surface area (Å²) in [5.41, 5.74) is 6.39. The number of rotatable bonds is 2. The Morgan fingerprint density at radius 3 is 2.53 bits per heavy atom. The average molecular weight is 204 g/mol. The van der Waals surface area contributed by atoms with Crippen LogP contribution in [0, 0.1) is 11.5 Å². The zero-order valence-electron chi connectivity index (χ0n) is 8.64. The van der Waals surface area contributed by atoms with Crippen molar-refractivity contribution >= 4 is 11.6 Å². The number of hydrogen-bond donors (Lipinski definition) is 1. The second kappa shape index (κ2) is 4.86. The molecule has 1 aromatic carbocycles. The lowest BCUT2D eigenvalue weighted by molar-refractivity contribution is 0.415. The summed E-state index contributed by atoms with van der Waals surface area (Å²) in [6, 6.07) is 7.29. The summed E-state index contributed by atoms with van der Waals surface area (Å²) in [5.74, 6) is 0.922. The van der Waals surface area contributed by atoms with Gasteiger partial charge in [0, 0.05) is 12.7 Å². The molecule has 0 atom stereocenters. The van der Waals surface area contributed by atoms with Crippen LogP contribution in [0.15, 0.2) is 29.3 Å². The van der Waals surface area contributed by atoms with Gasteiger partial charge in [-0.15, -0.1) is 4.99 Å². The highest BCUT2D eigenvalue weighted by atomic mass is 16.5. The van der Waals surface area contributed by atoms with Gasteiger partial charge in [-0.1, -0.05) is 0 Å². The van der Waals surface area contributed by atoms with Gasteiger partial charge >= 0.3 is 0 Å². The van der Waals surface area contributed by atoms with E-state index < -0.39 is 0 Å². The Bertz CT molecular complexity index is 391. The van der Waals surface area contributed by atoms with Crippen LogP contribution in [0.3, 0.4) is 0 Å². The van der Waals surface area contributed by atoms with Crippen LogP contribution in [0.25, 0.3) is 0 Å². The van der Waals surface area contributed by atoms with Crippen molar-refractivity contribution in [1.82, 2.24) is 0 Å². The van der Waals surface area contributed by atoms with E-state index in [0.717, 1.165) is 11.4 Å². The second-order valence-corrected chi connectivity index (χ2v) is 2.83. The van der Waals surface area contributed by atoms with E-state index >= 15 is 0 Å². The zero-order valence-corrected chi connectivity index (χ0v) is 8.64. The molecule has 0 spiro atoms. The predicted molar refractivity (Wildman–Crippen MR) is 58.6 cm³/mol. The Morgan fingerprint density at radius 1 is 1.47 bits per heavy atom. The maximum atomic E-state index is 8.35. The molecule has 78 valence electrons. The van der Waals surface area contributed by atoms with Crippen molar-refractivity contribution in [3.8, 4) is 11.9 Å². The van der Waals surface area contributed by atoms with E-state index in [9.17, 15) is 0 Å². The van der Waals surface area contributed by atoms with Gasteiger partial charge in [0.1, 0.15) is 5.75 Å². The first-order valence-electron chi connectivity index (χ1n) is 4.29. The number of nitriles is 1. The SMILES string of the molecule is COc1ccc(N(C)C(N)=NC#N)cc1. The van der Waals surface area contributed by atoms with Crippen LogP contribution in [-0.4, -0.2) is 20.1 Å². The van der Waals surface area contributed by atoms with E-state index in [1.165, 1.54) is 0 Å².